The highest BCUT2D eigenvalue weighted by Gasteiger charge is 2.24. The molecule has 1 heterocycles. The van der Waals surface area contributed by atoms with Crippen molar-refractivity contribution in [3.63, 3.8) is 0 Å². The van der Waals surface area contributed by atoms with Crippen molar-refractivity contribution in [2.45, 2.75) is 26.2 Å². The summed E-state index contributed by atoms with van der Waals surface area (Å²) in [6.45, 7) is 3.89. The molecule has 2 N–H and O–H groups in total. The second kappa shape index (κ2) is 8.53. The Kier molecular flexibility index (Phi) is 6.40. The van der Waals surface area contributed by atoms with Gasteiger partial charge in [0.05, 0.1) is 12.6 Å². The second-order valence-corrected chi connectivity index (χ2v) is 5.77. The summed E-state index contributed by atoms with van der Waals surface area (Å²) in [5.74, 6) is -0.475. The molecule has 1 aromatic carbocycles. The highest BCUT2D eigenvalue weighted by Crippen LogP contribution is 2.16. The zero-order valence-electron chi connectivity index (χ0n) is 13.5. The van der Waals surface area contributed by atoms with Gasteiger partial charge in [0.15, 0.2) is 6.61 Å². The van der Waals surface area contributed by atoms with Gasteiger partial charge in [-0.15, -0.1) is 0 Å². The summed E-state index contributed by atoms with van der Waals surface area (Å²) >= 11 is 0. The van der Waals surface area contributed by atoms with Crippen LogP contribution in [0.4, 0.5) is 0 Å². The number of nitrogens with one attached hydrogen (secondary N) is 1. The number of hydrogen-bond donors (Lipinski definition) is 2. The smallest absolute Gasteiger partial charge is 0.306 e. The van der Waals surface area contributed by atoms with E-state index in [9.17, 15) is 9.59 Å². The Morgan fingerprint density at radius 1 is 1.26 bits per heavy atom. The molecular formula is C17H24N2O4. The van der Waals surface area contributed by atoms with Crippen molar-refractivity contribution in [1.82, 2.24) is 10.2 Å². The molecule has 1 aromatic rings. The SMILES string of the molecule is CCc1ccc(OCC(=O)NCN2CCC(C(=O)O)CC2)cc1. The minimum Gasteiger partial charge on any atom is -0.484 e. The Bertz CT molecular complexity index is 522. The second-order valence-electron chi connectivity index (χ2n) is 5.77. The Morgan fingerprint density at radius 3 is 2.48 bits per heavy atom. The molecule has 1 aliphatic rings. The number of nitrogens with zero attached hydrogens (tertiary/aromatic N) is 1. The lowest BCUT2D eigenvalue weighted by molar-refractivity contribution is -0.143. The van der Waals surface area contributed by atoms with E-state index in [1.54, 1.807) is 0 Å². The maximum atomic E-state index is 11.8. The van der Waals surface area contributed by atoms with Crippen LogP contribution in [0.1, 0.15) is 25.3 Å². The molecule has 1 fully saturated rings. The van der Waals surface area contributed by atoms with E-state index in [4.69, 9.17) is 9.84 Å². The maximum absolute atomic E-state index is 11.8. The molecule has 126 valence electrons. The van der Waals surface area contributed by atoms with Crippen molar-refractivity contribution in [2.24, 2.45) is 5.92 Å². The first-order chi connectivity index (χ1) is 11.1. The Hall–Kier alpha value is -2.08. The van der Waals surface area contributed by atoms with Gasteiger partial charge in [0, 0.05) is 13.1 Å². The van der Waals surface area contributed by atoms with Gasteiger partial charge >= 0.3 is 5.97 Å². The van der Waals surface area contributed by atoms with E-state index in [-0.39, 0.29) is 18.4 Å². The van der Waals surface area contributed by atoms with E-state index in [0.717, 1.165) is 6.42 Å². The molecule has 0 atom stereocenters. The minimum absolute atomic E-state index is 0.0168. The first-order valence-corrected chi connectivity index (χ1v) is 8.02. The largest absolute Gasteiger partial charge is 0.484 e. The summed E-state index contributed by atoms with van der Waals surface area (Å²) in [4.78, 5) is 24.7. The molecule has 2 rings (SSSR count). The first-order valence-electron chi connectivity index (χ1n) is 8.02. The molecule has 1 amide bonds. The quantitative estimate of drug-likeness (QED) is 0.796. The molecule has 6 nitrogen and oxygen atoms in total. The lowest BCUT2D eigenvalue weighted by Gasteiger charge is -2.29. The summed E-state index contributed by atoms with van der Waals surface area (Å²) in [6, 6.07) is 7.70. The Balaban J connectivity index is 1.64. The van der Waals surface area contributed by atoms with Crippen LogP contribution in [0, 0.1) is 5.92 Å². The number of aliphatic carboxylic acids is 1. The van der Waals surface area contributed by atoms with Crippen LogP contribution in [0.3, 0.4) is 0 Å². The number of carbonyl (C=O) groups excluding carboxylic acids is 1. The topological polar surface area (TPSA) is 78.9 Å². The third-order valence-corrected chi connectivity index (χ3v) is 4.14. The zero-order chi connectivity index (χ0) is 16.7. The lowest BCUT2D eigenvalue weighted by Crippen LogP contribution is -2.44. The number of benzene rings is 1. The van der Waals surface area contributed by atoms with E-state index in [1.165, 1.54) is 5.56 Å². The Morgan fingerprint density at radius 2 is 1.91 bits per heavy atom. The van der Waals surface area contributed by atoms with Crippen molar-refractivity contribution < 1.29 is 19.4 Å². The highest BCUT2D eigenvalue weighted by atomic mass is 16.5. The number of likely N-dealkylation sites (tertiary alicyclic amines) is 1. The predicted molar refractivity (Wildman–Crippen MR) is 86.3 cm³/mol. The van der Waals surface area contributed by atoms with Crippen LogP contribution >= 0.6 is 0 Å². The summed E-state index contributed by atoms with van der Waals surface area (Å²) in [7, 11) is 0. The molecule has 0 aliphatic carbocycles. The molecule has 0 radical (unpaired) electrons. The summed E-state index contributed by atoms with van der Waals surface area (Å²) < 4.78 is 5.45. The van der Waals surface area contributed by atoms with Gasteiger partial charge in [-0.2, -0.15) is 0 Å². The average Bonchev–Trinajstić information content (AvgIpc) is 2.59. The maximum Gasteiger partial charge on any atom is 0.306 e. The molecule has 6 heteroatoms. The van der Waals surface area contributed by atoms with E-state index in [0.29, 0.717) is 38.3 Å². The van der Waals surface area contributed by atoms with Crippen molar-refractivity contribution in [1.29, 1.82) is 0 Å². The number of aryl methyl sites for hydroxylation is 1. The summed E-state index contributed by atoms with van der Waals surface area (Å²) in [6.07, 6.45) is 2.23. The molecular weight excluding hydrogens is 296 g/mol. The van der Waals surface area contributed by atoms with Crippen LogP contribution in [-0.4, -0.2) is 48.2 Å². The summed E-state index contributed by atoms with van der Waals surface area (Å²) in [5.41, 5.74) is 1.23. The number of carboxylic acids is 1. The normalized spacial score (nSPS) is 16.0. The number of carboxylic acid groups (broad SMARTS) is 1. The van der Waals surface area contributed by atoms with Crippen molar-refractivity contribution >= 4 is 11.9 Å². The molecule has 1 aliphatic heterocycles. The fourth-order valence-corrected chi connectivity index (χ4v) is 2.56. The van der Waals surface area contributed by atoms with Gasteiger partial charge in [-0.1, -0.05) is 19.1 Å². The van der Waals surface area contributed by atoms with Crippen molar-refractivity contribution in [3.05, 3.63) is 29.8 Å². The minimum atomic E-state index is -0.726. The highest BCUT2D eigenvalue weighted by molar-refractivity contribution is 5.77. The number of amides is 1. The average molecular weight is 320 g/mol. The molecule has 23 heavy (non-hydrogen) atoms. The fourth-order valence-electron chi connectivity index (χ4n) is 2.56. The molecule has 1 saturated heterocycles. The lowest BCUT2D eigenvalue weighted by atomic mass is 9.97. The van der Waals surface area contributed by atoms with Gasteiger partial charge in [0.1, 0.15) is 5.75 Å². The number of piperidine rings is 1. The van der Waals surface area contributed by atoms with Gasteiger partial charge in [-0.05, 0) is 37.0 Å². The van der Waals surface area contributed by atoms with Gasteiger partial charge in [0.25, 0.3) is 5.91 Å². The Labute approximate surface area is 136 Å². The fraction of sp³-hybridized carbons (Fsp3) is 0.529. The molecule has 0 spiro atoms. The third-order valence-electron chi connectivity index (χ3n) is 4.14. The van der Waals surface area contributed by atoms with Crippen LogP contribution in [0.15, 0.2) is 24.3 Å². The molecule has 0 unspecified atom stereocenters. The standard InChI is InChI=1S/C17H24N2O4/c1-2-13-3-5-15(6-4-13)23-11-16(20)18-12-19-9-7-14(8-10-19)17(21)22/h3-6,14H,2,7-12H2,1H3,(H,18,20)(H,21,22). The van der Waals surface area contributed by atoms with Crippen molar-refractivity contribution in [3.8, 4) is 5.75 Å². The first kappa shape index (κ1) is 17.3. The molecule has 0 aromatic heterocycles. The van der Waals surface area contributed by atoms with Crippen LogP contribution in [-0.2, 0) is 16.0 Å². The van der Waals surface area contributed by atoms with Crippen LogP contribution < -0.4 is 10.1 Å². The van der Waals surface area contributed by atoms with Gasteiger partial charge < -0.3 is 15.2 Å². The van der Waals surface area contributed by atoms with E-state index >= 15 is 0 Å². The van der Waals surface area contributed by atoms with Gasteiger partial charge in [-0.25, -0.2) is 0 Å². The number of carbonyl (C=O) groups is 2. The van der Waals surface area contributed by atoms with Crippen LogP contribution in [0.5, 0.6) is 5.75 Å². The van der Waals surface area contributed by atoms with E-state index < -0.39 is 5.97 Å². The third kappa shape index (κ3) is 5.56. The number of rotatable bonds is 7. The zero-order valence-corrected chi connectivity index (χ0v) is 13.5. The van der Waals surface area contributed by atoms with Crippen molar-refractivity contribution in [2.75, 3.05) is 26.4 Å². The van der Waals surface area contributed by atoms with E-state index in [2.05, 4.69) is 12.2 Å². The number of hydrogen-bond acceptors (Lipinski definition) is 4. The number of ether oxygens (including phenoxy) is 1. The van der Waals surface area contributed by atoms with Crippen LogP contribution in [0.2, 0.25) is 0 Å². The molecule has 0 bridgehead atoms. The van der Waals surface area contributed by atoms with Crippen LogP contribution in [0.25, 0.3) is 0 Å². The predicted octanol–water partition coefficient (Wildman–Crippen LogP) is 1.50. The van der Waals surface area contributed by atoms with Gasteiger partial charge in [-0.3, -0.25) is 14.5 Å². The monoisotopic (exact) mass is 320 g/mol. The molecule has 0 saturated carbocycles. The summed E-state index contributed by atoms with van der Waals surface area (Å²) in [5, 5.41) is 11.8. The van der Waals surface area contributed by atoms with Gasteiger partial charge in [0.2, 0.25) is 0 Å². The van der Waals surface area contributed by atoms with E-state index in [1.807, 2.05) is 29.2 Å².